The molecule has 2 amide bonds. The van der Waals surface area contributed by atoms with E-state index < -0.39 is 0 Å². The topological polar surface area (TPSA) is 61.9 Å². The number of likely N-dealkylation sites (tertiary alicyclic amines) is 2. The highest BCUT2D eigenvalue weighted by Gasteiger charge is 2.28. The number of nitrogens with zero attached hydrogens (tertiary/aromatic N) is 2. The summed E-state index contributed by atoms with van der Waals surface area (Å²) in [6.45, 7) is 10.4. The molecular weight excluding hydrogens is 390 g/mol. The Bertz CT molecular complexity index is 687. The van der Waals surface area contributed by atoms with Gasteiger partial charge in [-0.15, -0.1) is 0 Å². The molecule has 0 saturated carbocycles. The van der Waals surface area contributed by atoms with Crippen LogP contribution >= 0.6 is 0 Å². The summed E-state index contributed by atoms with van der Waals surface area (Å²) in [4.78, 5) is 29.5. The van der Waals surface area contributed by atoms with E-state index in [1.54, 1.807) is 0 Å². The minimum atomic E-state index is -0.0947. The fourth-order valence-corrected chi connectivity index (χ4v) is 4.98. The van der Waals surface area contributed by atoms with Gasteiger partial charge in [-0.2, -0.15) is 0 Å². The summed E-state index contributed by atoms with van der Waals surface area (Å²) in [5, 5.41) is 3.11. The third kappa shape index (κ3) is 7.84. The molecule has 2 fully saturated rings. The molecule has 6 heteroatoms. The minimum Gasteiger partial charge on any atom is -0.493 e. The van der Waals surface area contributed by atoms with Crippen LogP contribution in [0.3, 0.4) is 0 Å². The van der Waals surface area contributed by atoms with Crippen molar-refractivity contribution in [2.45, 2.75) is 46.0 Å². The Morgan fingerprint density at radius 1 is 1.10 bits per heavy atom. The predicted octanol–water partition coefficient (Wildman–Crippen LogP) is 3.18. The van der Waals surface area contributed by atoms with Gasteiger partial charge in [-0.3, -0.25) is 9.59 Å². The first-order valence-electron chi connectivity index (χ1n) is 12.0. The molecule has 0 aliphatic carbocycles. The van der Waals surface area contributed by atoms with Crippen molar-refractivity contribution in [1.82, 2.24) is 15.1 Å². The van der Waals surface area contributed by atoms with Gasteiger partial charge < -0.3 is 19.9 Å². The Kier molecular flexibility index (Phi) is 9.19. The smallest absolute Gasteiger partial charge is 0.226 e. The first-order chi connectivity index (χ1) is 15.0. The van der Waals surface area contributed by atoms with Crippen LogP contribution in [0.1, 0.15) is 46.0 Å². The van der Waals surface area contributed by atoms with Crippen molar-refractivity contribution in [3.05, 3.63) is 30.3 Å². The van der Waals surface area contributed by atoms with Crippen molar-refractivity contribution < 1.29 is 14.3 Å². The maximum Gasteiger partial charge on any atom is 0.226 e. The van der Waals surface area contributed by atoms with Crippen LogP contribution in [0.5, 0.6) is 5.75 Å². The summed E-state index contributed by atoms with van der Waals surface area (Å²) in [7, 11) is 0. The number of nitrogens with one attached hydrogen (secondary N) is 1. The van der Waals surface area contributed by atoms with Crippen LogP contribution in [-0.4, -0.2) is 67.5 Å². The Labute approximate surface area is 187 Å². The SMILES string of the molecule is CC1CC(C)CN(CCCNC(=O)C2CCCN(C(=O)CCOc3ccccc3)C2)C1. The van der Waals surface area contributed by atoms with Crippen LogP contribution in [0.2, 0.25) is 0 Å². The van der Waals surface area contributed by atoms with Gasteiger partial charge in [0.1, 0.15) is 5.75 Å². The van der Waals surface area contributed by atoms with E-state index in [1.165, 1.54) is 19.5 Å². The van der Waals surface area contributed by atoms with Crippen molar-refractivity contribution in [1.29, 1.82) is 0 Å². The van der Waals surface area contributed by atoms with Gasteiger partial charge >= 0.3 is 0 Å². The number of benzene rings is 1. The number of rotatable bonds is 9. The van der Waals surface area contributed by atoms with Gasteiger partial charge in [-0.05, 0) is 56.2 Å². The molecule has 0 spiro atoms. The average molecular weight is 430 g/mol. The summed E-state index contributed by atoms with van der Waals surface area (Å²) >= 11 is 0. The molecule has 3 atom stereocenters. The first-order valence-corrected chi connectivity index (χ1v) is 12.0. The molecule has 3 rings (SSSR count). The van der Waals surface area contributed by atoms with Crippen molar-refractivity contribution in [3.63, 3.8) is 0 Å². The monoisotopic (exact) mass is 429 g/mol. The summed E-state index contributed by atoms with van der Waals surface area (Å²) < 4.78 is 5.64. The third-order valence-electron chi connectivity index (χ3n) is 6.37. The molecule has 6 nitrogen and oxygen atoms in total. The number of carbonyl (C=O) groups excluding carboxylic acids is 2. The largest absolute Gasteiger partial charge is 0.493 e. The first kappa shape index (κ1) is 23.6. The normalized spacial score (nSPS) is 24.6. The predicted molar refractivity (Wildman–Crippen MR) is 123 cm³/mol. The van der Waals surface area contributed by atoms with Gasteiger partial charge in [0.25, 0.3) is 0 Å². The van der Waals surface area contributed by atoms with Gasteiger partial charge in [0.05, 0.1) is 18.9 Å². The molecule has 2 aliphatic rings. The maximum atomic E-state index is 12.6. The summed E-state index contributed by atoms with van der Waals surface area (Å²) in [6, 6.07) is 9.54. The fourth-order valence-electron chi connectivity index (χ4n) is 4.98. The van der Waals surface area contributed by atoms with E-state index in [0.29, 0.717) is 26.1 Å². The summed E-state index contributed by atoms with van der Waals surface area (Å²) in [5.74, 6) is 2.38. The van der Waals surface area contributed by atoms with Crippen molar-refractivity contribution in [3.8, 4) is 5.75 Å². The highest BCUT2D eigenvalue weighted by Crippen LogP contribution is 2.21. The average Bonchev–Trinajstić information content (AvgIpc) is 2.76. The third-order valence-corrected chi connectivity index (χ3v) is 6.37. The quantitative estimate of drug-likeness (QED) is 0.613. The van der Waals surface area contributed by atoms with Crippen molar-refractivity contribution in [2.24, 2.45) is 17.8 Å². The van der Waals surface area contributed by atoms with Crippen LogP contribution in [0.4, 0.5) is 0 Å². The van der Waals surface area contributed by atoms with Crippen molar-refractivity contribution >= 4 is 11.8 Å². The number of hydrogen-bond donors (Lipinski definition) is 1. The van der Waals surface area contributed by atoms with E-state index in [1.807, 2.05) is 35.2 Å². The molecule has 0 radical (unpaired) electrons. The van der Waals surface area contributed by atoms with E-state index in [-0.39, 0.29) is 17.7 Å². The lowest BCUT2D eigenvalue weighted by atomic mass is 9.92. The molecule has 1 N–H and O–H groups in total. The zero-order chi connectivity index (χ0) is 22.1. The Morgan fingerprint density at radius 2 is 1.84 bits per heavy atom. The molecule has 31 heavy (non-hydrogen) atoms. The van der Waals surface area contributed by atoms with Crippen LogP contribution in [0, 0.1) is 17.8 Å². The van der Waals surface area contributed by atoms with Crippen LogP contribution < -0.4 is 10.1 Å². The molecule has 2 aliphatic heterocycles. The van der Waals surface area contributed by atoms with E-state index in [9.17, 15) is 9.59 Å². The summed E-state index contributed by atoms with van der Waals surface area (Å²) in [6.07, 6.45) is 4.39. The zero-order valence-electron chi connectivity index (χ0n) is 19.2. The van der Waals surface area contributed by atoms with Crippen molar-refractivity contribution in [2.75, 3.05) is 45.9 Å². The van der Waals surface area contributed by atoms with Gasteiger partial charge in [0.2, 0.25) is 11.8 Å². The van der Waals surface area contributed by atoms with E-state index >= 15 is 0 Å². The highest BCUT2D eigenvalue weighted by atomic mass is 16.5. The number of piperidine rings is 2. The summed E-state index contributed by atoms with van der Waals surface area (Å²) in [5.41, 5.74) is 0. The maximum absolute atomic E-state index is 12.6. The number of para-hydroxylation sites is 1. The second-order valence-corrected chi connectivity index (χ2v) is 9.44. The molecule has 1 aromatic rings. The molecule has 2 saturated heterocycles. The molecular formula is C25H39N3O3. The molecule has 2 heterocycles. The molecule has 1 aromatic carbocycles. The Morgan fingerprint density at radius 3 is 2.58 bits per heavy atom. The Hall–Kier alpha value is -2.08. The number of amides is 2. The van der Waals surface area contributed by atoms with E-state index in [4.69, 9.17) is 4.74 Å². The van der Waals surface area contributed by atoms with E-state index in [2.05, 4.69) is 24.1 Å². The van der Waals surface area contributed by atoms with E-state index in [0.717, 1.165) is 49.9 Å². The molecule has 172 valence electrons. The number of hydrogen-bond acceptors (Lipinski definition) is 4. The molecule has 3 unspecified atom stereocenters. The zero-order valence-corrected chi connectivity index (χ0v) is 19.2. The standard InChI is InChI=1S/C25H39N3O3/c1-20-16-21(2)18-27(17-20)13-7-12-26-25(30)22-8-6-14-28(19-22)24(29)11-15-31-23-9-4-3-5-10-23/h3-5,9-10,20-22H,6-8,11-19H2,1-2H3,(H,26,30). The molecule has 0 bridgehead atoms. The fraction of sp³-hybridized carbons (Fsp3) is 0.680. The van der Waals surface area contributed by atoms with Gasteiger partial charge in [-0.25, -0.2) is 0 Å². The second kappa shape index (κ2) is 12.1. The van der Waals surface area contributed by atoms with Crippen LogP contribution in [-0.2, 0) is 9.59 Å². The molecule has 0 aromatic heterocycles. The second-order valence-electron chi connectivity index (χ2n) is 9.44. The lowest BCUT2D eigenvalue weighted by Gasteiger charge is -2.35. The van der Waals surface area contributed by atoms with Gasteiger partial charge in [0.15, 0.2) is 0 Å². The number of carbonyl (C=O) groups is 2. The minimum absolute atomic E-state index is 0.0711. The highest BCUT2D eigenvalue weighted by molar-refractivity contribution is 5.81. The lowest BCUT2D eigenvalue weighted by Crippen LogP contribution is -2.46. The van der Waals surface area contributed by atoms with Crippen LogP contribution in [0.25, 0.3) is 0 Å². The van der Waals surface area contributed by atoms with Gasteiger partial charge in [-0.1, -0.05) is 32.0 Å². The van der Waals surface area contributed by atoms with Gasteiger partial charge in [0, 0.05) is 32.7 Å². The lowest BCUT2D eigenvalue weighted by molar-refractivity contribution is -0.136. The van der Waals surface area contributed by atoms with Crippen LogP contribution in [0.15, 0.2) is 30.3 Å². The number of ether oxygens (including phenoxy) is 1. The Balaban J connectivity index is 1.32.